The number of rotatable bonds is 10. The number of halogens is 3. The maximum Gasteiger partial charge on any atom is 0.244 e. The minimum atomic E-state index is -3.79. The van der Waals surface area contributed by atoms with Crippen molar-refractivity contribution in [1.82, 2.24) is 10.2 Å². The van der Waals surface area contributed by atoms with Crippen molar-refractivity contribution >= 4 is 66.7 Å². The number of hydrogen-bond acceptors (Lipinski definition) is 4. The summed E-state index contributed by atoms with van der Waals surface area (Å²) in [6.07, 6.45) is 6.49. The fourth-order valence-electron chi connectivity index (χ4n) is 4.52. The zero-order chi connectivity index (χ0) is 27.2. The Morgan fingerprint density at radius 1 is 1.08 bits per heavy atom. The molecule has 1 N–H and O–H groups in total. The van der Waals surface area contributed by atoms with Gasteiger partial charge >= 0.3 is 0 Å². The van der Waals surface area contributed by atoms with Crippen LogP contribution < -0.4 is 9.62 Å². The zero-order valence-corrected chi connectivity index (χ0v) is 24.8. The van der Waals surface area contributed by atoms with Crippen LogP contribution in [0.2, 0.25) is 10.0 Å². The molecule has 0 saturated heterocycles. The minimum absolute atomic E-state index is 0.0311. The molecule has 0 spiro atoms. The van der Waals surface area contributed by atoms with Crippen molar-refractivity contribution in [3.05, 3.63) is 62.5 Å². The summed E-state index contributed by atoms with van der Waals surface area (Å²) in [5, 5.41) is 3.93. The molecule has 2 aromatic rings. The van der Waals surface area contributed by atoms with Crippen LogP contribution in [-0.2, 0) is 26.2 Å². The highest BCUT2D eigenvalue weighted by molar-refractivity contribution is 9.10. The number of benzene rings is 2. The van der Waals surface area contributed by atoms with Gasteiger partial charge in [0.1, 0.15) is 12.6 Å². The van der Waals surface area contributed by atoms with E-state index in [1.165, 1.54) is 4.90 Å². The van der Waals surface area contributed by atoms with Gasteiger partial charge in [-0.25, -0.2) is 8.42 Å². The molecule has 202 valence electrons. The first-order chi connectivity index (χ1) is 17.5. The molecule has 2 aromatic carbocycles. The van der Waals surface area contributed by atoms with Crippen LogP contribution >= 0.6 is 39.1 Å². The van der Waals surface area contributed by atoms with Gasteiger partial charge in [-0.2, -0.15) is 0 Å². The second-order valence-electron chi connectivity index (χ2n) is 9.27. The maximum absolute atomic E-state index is 13.8. The maximum atomic E-state index is 13.8. The Bertz CT molecular complexity index is 1200. The van der Waals surface area contributed by atoms with Gasteiger partial charge in [0.15, 0.2) is 0 Å². The smallest absolute Gasteiger partial charge is 0.244 e. The van der Waals surface area contributed by atoms with E-state index >= 15 is 0 Å². The number of nitrogens with one attached hydrogen (secondary N) is 1. The molecule has 1 aliphatic rings. The first kappa shape index (κ1) is 29.7. The normalized spacial score (nSPS) is 15.2. The first-order valence-electron chi connectivity index (χ1n) is 12.3. The average Bonchev–Trinajstić information content (AvgIpc) is 2.84. The quantitative estimate of drug-likeness (QED) is 0.360. The number of nitrogens with zero attached hydrogens (tertiary/aromatic N) is 2. The van der Waals surface area contributed by atoms with Gasteiger partial charge in [0, 0.05) is 27.1 Å². The SMILES string of the molecule is CC[C@@H](C(=O)NC1CCCCC1)N(Cc1ccc(Cl)cc1Cl)C(=O)CN(c1ccc(Br)cc1)S(C)(=O)=O. The number of amides is 2. The predicted molar refractivity (Wildman–Crippen MR) is 152 cm³/mol. The molecule has 2 amide bonds. The molecule has 0 bridgehead atoms. The summed E-state index contributed by atoms with van der Waals surface area (Å²) in [5.41, 5.74) is 0.959. The van der Waals surface area contributed by atoms with E-state index in [1.807, 2.05) is 6.92 Å². The van der Waals surface area contributed by atoms with E-state index in [0.29, 0.717) is 27.7 Å². The molecule has 0 aliphatic heterocycles. The Kier molecular flexibility index (Phi) is 10.7. The van der Waals surface area contributed by atoms with Crippen molar-refractivity contribution in [2.45, 2.75) is 64.1 Å². The molecule has 37 heavy (non-hydrogen) atoms. The second-order valence-corrected chi connectivity index (χ2v) is 12.9. The van der Waals surface area contributed by atoms with Crippen molar-refractivity contribution in [2.75, 3.05) is 17.1 Å². The predicted octanol–water partition coefficient (Wildman–Crippen LogP) is 5.78. The second kappa shape index (κ2) is 13.3. The van der Waals surface area contributed by atoms with Crippen LogP contribution in [0.1, 0.15) is 51.0 Å². The Morgan fingerprint density at radius 2 is 1.73 bits per heavy atom. The van der Waals surface area contributed by atoms with E-state index in [-0.39, 0.29) is 18.5 Å². The molecular formula is C26H32BrCl2N3O4S. The lowest BCUT2D eigenvalue weighted by atomic mass is 9.95. The third-order valence-corrected chi connectivity index (χ3v) is 8.74. The van der Waals surface area contributed by atoms with Gasteiger partial charge in [-0.3, -0.25) is 13.9 Å². The Hall–Kier alpha value is -1.81. The van der Waals surface area contributed by atoms with Crippen molar-refractivity contribution in [3.8, 4) is 0 Å². The van der Waals surface area contributed by atoms with E-state index in [4.69, 9.17) is 23.2 Å². The van der Waals surface area contributed by atoms with Crippen molar-refractivity contribution < 1.29 is 18.0 Å². The summed E-state index contributed by atoms with van der Waals surface area (Å²) in [4.78, 5) is 28.6. The summed E-state index contributed by atoms with van der Waals surface area (Å²) < 4.78 is 27.2. The molecule has 11 heteroatoms. The van der Waals surface area contributed by atoms with Crippen LogP contribution in [-0.4, -0.2) is 50.0 Å². The third-order valence-electron chi connectivity index (χ3n) is 6.49. The van der Waals surface area contributed by atoms with Crippen molar-refractivity contribution in [3.63, 3.8) is 0 Å². The standard InChI is InChI=1S/C26H32BrCl2N3O4S/c1-3-24(26(34)30-21-7-5-4-6-8-21)31(16-18-9-12-20(28)15-23(18)29)25(33)17-32(37(2,35)36)22-13-10-19(27)11-14-22/h9-15,21,24H,3-8,16-17H2,1-2H3,(H,30,34)/t24-/m0/s1. The van der Waals surface area contributed by atoms with E-state index in [9.17, 15) is 18.0 Å². The highest BCUT2D eigenvalue weighted by atomic mass is 79.9. The molecule has 7 nitrogen and oxygen atoms in total. The van der Waals surface area contributed by atoms with Gasteiger partial charge in [-0.15, -0.1) is 0 Å². The number of hydrogen-bond donors (Lipinski definition) is 1. The molecule has 1 saturated carbocycles. The lowest BCUT2D eigenvalue weighted by Crippen LogP contribution is -2.54. The molecule has 3 rings (SSSR count). The van der Waals surface area contributed by atoms with E-state index in [2.05, 4.69) is 21.2 Å². The van der Waals surface area contributed by atoms with Gasteiger partial charge in [0.2, 0.25) is 21.8 Å². The molecule has 0 radical (unpaired) electrons. The first-order valence-corrected chi connectivity index (χ1v) is 15.7. The van der Waals surface area contributed by atoms with Crippen LogP contribution in [0.4, 0.5) is 5.69 Å². The monoisotopic (exact) mass is 631 g/mol. The summed E-state index contributed by atoms with van der Waals surface area (Å²) >= 11 is 15.8. The van der Waals surface area contributed by atoms with Gasteiger partial charge in [0.05, 0.1) is 11.9 Å². The molecule has 0 unspecified atom stereocenters. The lowest BCUT2D eigenvalue weighted by Gasteiger charge is -2.34. The molecule has 1 fully saturated rings. The Morgan fingerprint density at radius 3 is 2.30 bits per heavy atom. The van der Waals surface area contributed by atoms with E-state index in [0.717, 1.165) is 47.1 Å². The minimum Gasteiger partial charge on any atom is -0.352 e. The van der Waals surface area contributed by atoms with Crippen molar-refractivity contribution in [1.29, 1.82) is 0 Å². The molecule has 0 aromatic heterocycles. The molecule has 1 atom stereocenters. The van der Waals surface area contributed by atoms with Crippen LogP contribution in [0, 0.1) is 0 Å². The highest BCUT2D eigenvalue weighted by Gasteiger charge is 2.33. The number of carbonyl (C=O) groups is 2. The third kappa shape index (κ3) is 8.34. The van der Waals surface area contributed by atoms with Crippen LogP contribution in [0.15, 0.2) is 46.9 Å². The van der Waals surface area contributed by atoms with Crippen LogP contribution in [0.25, 0.3) is 0 Å². The van der Waals surface area contributed by atoms with Crippen LogP contribution in [0.5, 0.6) is 0 Å². The fraction of sp³-hybridized carbons (Fsp3) is 0.462. The van der Waals surface area contributed by atoms with Gasteiger partial charge in [-0.05, 0) is 61.2 Å². The topological polar surface area (TPSA) is 86.8 Å². The molecule has 1 aliphatic carbocycles. The summed E-state index contributed by atoms with van der Waals surface area (Å²) in [6, 6.07) is 10.9. The zero-order valence-electron chi connectivity index (χ0n) is 20.9. The van der Waals surface area contributed by atoms with Gasteiger partial charge in [0.25, 0.3) is 0 Å². The number of sulfonamides is 1. The van der Waals surface area contributed by atoms with Gasteiger partial charge < -0.3 is 10.2 Å². The van der Waals surface area contributed by atoms with Gasteiger partial charge in [-0.1, -0.05) is 71.4 Å². The summed E-state index contributed by atoms with van der Waals surface area (Å²) in [6.45, 7) is 1.40. The summed E-state index contributed by atoms with van der Waals surface area (Å²) in [5.74, 6) is -0.757. The fourth-order valence-corrected chi connectivity index (χ4v) is 6.10. The lowest BCUT2D eigenvalue weighted by molar-refractivity contribution is -0.140. The molecular weight excluding hydrogens is 601 g/mol. The average molecular weight is 633 g/mol. The Labute approximate surface area is 237 Å². The van der Waals surface area contributed by atoms with E-state index in [1.54, 1.807) is 42.5 Å². The van der Waals surface area contributed by atoms with E-state index < -0.39 is 28.5 Å². The highest BCUT2D eigenvalue weighted by Crippen LogP contribution is 2.26. The van der Waals surface area contributed by atoms with Crippen LogP contribution in [0.3, 0.4) is 0 Å². The molecule has 0 heterocycles. The van der Waals surface area contributed by atoms with Crippen molar-refractivity contribution in [2.24, 2.45) is 0 Å². The summed E-state index contributed by atoms with van der Waals surface area (Å²) in [7, 11) is -3.79. The Balaban J connectivity index is 1.93. The largest absolute Gasteiger partial charge is 0.352 e. The number of anilines is 1. The number of carbonyl (C=O) groups excluding carboxylic acids is 2.